The van der Waals surface area contributed by atoms with Crippen molar-refractivity contribution in [3.8, 4) is 11.3 Å². The van der Waals surface area contributed by atoms with Gasteiger partial charge in [-0.3, -0.25) is 5.43 Å². The first-order valence-corrected chi connectivity index (χ1v) is 10.9. The Balaban J connectivity index is 1.61. The number of rotatable bonds is 7. The second-order valence-electron chi connectivity index (χ2n) is 6.92. The summed E-state index contributed by atoms with van der Waals surface area (Å²) in [5, 5.41) is 15.3. The van der Waals surface area contributed by atoms with Crippen LogP contribution in [0, 0.1) is 0 Å². The molecule has 1 N–H and O–H groups in total. The van der Waals surface area contributed by atoms with E-state index in [-0.39, 0.29) is 0 Å². The van der Waals surface area contributed by atoms with Gasteiger partial charge in [0.2, 0.25) is 4.80 Å². The number of thiazole rings is 1. The summed E-state index contributed by atoms with van der Waals surface area (Å²) in [5.41, 5.74) is 8.13. The first-order valence-electron chi connectivity index (χ1n) is 10.00. The van der Waals surface area contributed by atoms with Crippen molar-refractivity contribution in [1.82, 2.24) is 4.57 Å². The number of benzene rings is 3. The van der Waals surface area contributed by atoms with Crippen molar-refractivity contribution in [2.45, 2.75) is 13.5 Å². The van der Waals surface area contributed by atoms with Gasteiger partial charge in [-0.25, -0.2) is 0 Å². The molecule has 31 heavy (non-hydrogen) atoms. The molecule has 154 valence electrons. The lowest BCUT2D eigenvalue weighted by Gasteiger charge is -2.09. The minimum Gasteiger partial charge on any atom is -0.311 e. The molecular formula is C25H23N5S. The molecule has 0 fully saturated rings. The maximum Gasteiger partial charge on any atom is 0.211 e. The average Bonchev–Trinajstić information content (AvgIpc) is 3.22. The third kappa shape index (κ3) is 5.65. The molecule has 0 aliphatic heterocycles. The zero-order chi connectivity index (χ0) is 21.3. The lowest BCUT2D eigenvalue weighted by Crippen LogP contribution is -2.16. The Bertz CT molecular complexity index is 1220. The minimum atomic E-state index is 0.712. The molecule has 4 aromatic rings. The predicted octanol–water partition coefficient (Wildman–Crippen LogP) is 5.64. The summed E-state index contributed by atoms with van der Waals surface area (Å²) in [4.78, 5) is 0.839. The van der Waals surface area contributed by atoms with Crippen molar-refractivity contribution in [3.05, 3.63) is 107 Å². The largest absolute Gasteiger partial charge is 0.311 e. The van der Waals surface area contributed by atoms with Crippen LogP contribution in [0.4, 0.5) is 5.69 Å². The van der Waals surface area contributed by atoms with E-state index in [2.05, 4.69) is 79.2 Å². The first kappa shape index (κ1) is 20.5. The molecular weight excluding hydrogens is 402 g/mol. The van der Waals surface area contributed by atoms with Crippen LogP contribution in [-0.4, -0.2) is 16.5 Å². The van der Waals surface area contributed by atoms with Crippen molar-refractivity contribution in [1.29, 1.82) is 0 Å². The standard InChI is InChI=1S/C25H23N5S/c1-20(17-26-28-23-15-9-4-10-16-23)27-29-25-30(18-21-11-5-2-6-12-21)24(19-31-25)22-13-7-3-8-14-22/h2-17,19,28H,18H2,1H3/b26-17+,27-20+,29-25-. The monoisotopic (exact) mass is 425 g/mol. The van der Waals surface area contributed by atoms with Gasteiger partial charge in [0, 0.05) is 5.38 Å². The Morgan fingerprint density at radius 1 is 0.903 bits per heavy atom. The fourth-order valence-corrected chi connectivity index (χ4v) is 3.89. The molecule has 0 aliphatic carbocycles. The fraction of sp³-hybridized carbons (Fsp3) is 0.0800. The Morgan fingerprint density at radius 2 is 1.55 bits per heavy atom. The zero-order valence-corrected chi connectivity index (χ0v) is 18.0. The van der Waals surface area contributed by atoms with E-state index in [1.807, 2.05) is 49.4 Å². The summed E-state index contributed by atoms with van der Waals surface area (Å²) < 4.78 is 2.20. The number of hydrogen-bond acceptors (Lipinski definition) is 5. The number of anilines is 1. The number of nitrogens with one attached hydrogen (secondary N) is 1. The molecule has 1 heterocycles. The molecule has 0 bridgehead atoms. The summed E-state index contributed by atoms with van der Waals surface area (Å²) in [6.07, 6.45) is 1.67. The lowest BCUT2D eigenvalue weighted by atomic mass is 10.1. The van der Waals surface area contributed by atoms with Crippen molar-refractivity contribution in [2.75, 3.05) is 5.43 Å². The molecule has 0 saturated carbocycles. The Morgan fingerprint density at radius 3 is 2.26 bits per heavy atom. The van der Waals surface area contributed by atoms with Gasteiger partial charge in [-0.2, -0.15) is 10.2 Å². The van der Waals surface area contributed by atoms with E-state index >= 15 is 0 Å². The third-order valence-electron chi connectivity index (χ3n) is 4.56. The SMILES string of the molecule is CC(/C=N/Nc1ccccc1)=N\N=c1/scc(-c2ccccc2)n1Cc1ccccc1. The van der Waals surface area contributed by atoms with Gasteiger partial charge >= 0.3 is 0 Å². The normalized spacial score (nSPS) is 12.4. The van der Waals surface area contributed by atoms with Gasteiger partial charge in [-0.05, 0) is 30.2 Å². The first-order chi connectivity index (χ1) is 15.3. The second kappa shape index (κ2) is 10.3. The minimum absolute atomic E-state index is 0.712. The number of hydrazone groups is 1. The van der Waals surface area contributed by atoms with Gasteiger partial charge in [0.05, 0.1) is 29.9 Å². The van der Waals surface area contributed by atoms with E-state index in [1.165, 1.54) is 5.56 Å². The van der Waals surface area contributed by atoms with E-state index in [4.69, 9.17) is 0 Å². The Hall–Kier alpha value is -3.77. The van der Waals surface area contributed by atoms with Crippen LogP contribution in [0.3, 0.4) is 0 Å². The molecule has 5 nitrogen and oxygen atoms in total. The van der Waals surface area contributed by atoms with Crippen LogP contribution in [0.2, 0.25) is 0 Å². The molecule has 4 rings (SSSR count). The highest BCUT2D eigenvalue weighted by Gasteiger charge is 2.08. The zero-order valence-electron chi connectivity index (χ0n) is 17.2. The molecule has 0 atom stereocenters. The van der Waals surface area contributed by atoms with Crippen LogP contribution >= 0.6 is 11.3 Å². The second-order valence-corrected chi connectivity index (χ2v) is 7.76. The van der Waals surface area contributed by atoms with Crippen molar-refractivity contribution < 1.29 is 0 Å². The Labute approximate surface area is 185 Å². The van der Waals surface area contributed by atoms with Gasteiger partial charge in [0.25, 0.3) is 0 Å². The topological polar surface area (TPSA) is 54.0 Å². The fourth-order valence-electron chi connectivity index (χ4n) is 3.03. The van der Waals surface area contributed by atoms with Crippen LogP contribution in [0.25, 0.3) is 11.3 Å². The summed E-state index contributed by atoms with van der Waals surface area (Å²) in [6, 6.07) is 30.5. The summed E-state index contributed by atoms with van der Waals surface area (Å²) in [5.74, 6) is 0. The predicted molar refractivity (Wildman–Crippen MR) is 131 cm³/mol. The van der Waals surface area contributed by atoms with E-state index in [9.17, 15) is 0 Å². The van der Waals surface area contributed by atoms with Crippen molar-refractivity contribution in [2.24, 2.45) is 15.3 Å². The molecule has 0 aliphatic rings. The van der Waals surface area contributed by atoms with Crippen LogP contribution < -0.4 is 10.2 Å². The van der Waals surface area contributed by atoms with Gasteiger partial charge in [0.1, 0.15) is 0 Å². The van der Waals surface area contributed by atoms with Gasteiger partial charge < -0.3 is 4.57 Å². The number of aromatic nitrogens is 1. The molecule has 0 radical (unpaired) electrons. The summed E-state index contributed by atoms with van der Waals surface area (Å²) in [6.45, 7) is 2.61. The van der Waals surface area contributed by atoms with Gasteiger partial charge in [0.15, 0.2) is 0 Å². The maximum absolute atomic E-state index is 4.52. The average molecular weight is 426 g/mol. The van der Waals surface area contributed by atoms with Crippen LogP contribution in [-0.2, 0) is 6.54 Å². The highest BCUT2D eigenvalue weighted by molar-refractivity contribution is 7.07. The molecule has 0 amide bonds. The van der Waals surface area contributed by atoms with E-state index in [1.54, 1.807) is 17.6 Å². The van der Waals surface area contributed by atoms with Gasteiger partial charge in [-0.15, -0.1) is 16.4 Å². The van der Waals surface area contributed by atoms with Crippen molar-refractivity contribution >= 4 is 29.0 Å². The van der Waals surface area contributed by atoms with Crippen LogP contribution in [0.15, 0.2) is 112 Å². The van der Waals surface area contributed by atoms with E-state index in [0.717, 1.165) is 28.3 Å². The summed E-state index contributed by atoms with van der Waals surface area (Å²) in [7, 11) is 0. The Kier molecular flexibility index (Phi) is 6.82. The molecule has 1 aromatic heterocycles. The number of para-hydroxylation sites is 1. The van der Waals surface area contributed by atoms with Crippen molar-refractivity contribution in [3.63, 3.8) is 0 Å². The summed E-state index contributed by atoms with van der Waals surface area (Å²) >= 11 is 1.58. The number of hydrogen-bond donors (Lipinski definition) is 1. The highest BCUT2D eigenvalue weighted by atomic mass is 32.1. The molecule has 0 saturated heterocycles. The third-order valence-corrected chi connectivity index (χ3v) is 5.42. The van der Waals surface area contributed by atoms with Gasteiger partial charge in [-0.1, -0.05) is 78.9 Å². The molecule has 6 heteroatoms. The molecule has 3 aromatic carbocycles. The lowest BCUT2D eigenvalue weighted by molar-refractivity contribution is 0.768. The van der Waals surface area contributed by atoms with E-state index in [0.29, 0.717) is 5.71 Å². The molecule has 0 spiro atoms. The van der Waals surface area contributed by atoms with Crippen LogP contribution in [0.5, 0.6) is 0 Å². The highest BCUT2D eigenvalue weighted by Crippen LogP contribution is 2.20. The maximum atomic E-state index is 4.52. The number of nitrogens with zero attached hydrogens (tertiary/aromatic N) is 4. The van der Waals surface area contributed by atoms with Crippen LogP contribution in [0.1, 0.15) is 12.5 Å². The molecule has 0 unspecified atom stereocenters. The smallest absolute Gasteiger partial charge is 0.211 e. The van der Waals surface area contributed by atoms with E-state index < -0.39 is 0 Å². The quantitative estimate of drug-likeness (QED) is 0.302.